The predicted molar refractivity (Wildman–Crippen MR) is 61.7 cm³/mol. The lowest BCUT2D eigenvalue weighted by molar-refractivity contribution is 0.300. The second-order valence-electron chi connectivity index (χ2n) is 3.50. The highest BCUT2D eigenvalue weighted by molar-refractivity contribution is 5.40. The summed E-state index contributed by atoms with van der Waals surface area (Å²) in [6.45, 7) is 0.805. The molecule has 0 saturated carbocycles. The monoisotopic (exact) mass is 234 g/mol. The fourth-order valence-electron chi connectivity index (χ4n) is 1.44. The number of hydrogen-bond acceptors (Lipinski definition) is 5. The minimum atomic E-state index is 0.399. The number of rotatable bonds is 5. The first-order valence-electron chi connectivity index (χ1n) is 5.21. The molecule has 0 radical (unpaired) electrons. The van der Waals surface area contributed by atoms with E-state index in [9.17, 15) is 0 Å². The Kier molecular flexibility index (Phi) is 3.62. The standard InChI is InChI=1S/C12H14N2O3/c1-15-11-2-3-12(10(4-11)5-13)16-7-9-6-14-17-8-9/h2-4,6,8H,5,7,13H2,1H3. The van der Waals surface area contributed by atoms with Crippen molar-refractivity contribution in [1.82, 2.24) is 5.16 Å². The van der Waals surface area contributed by atoms with Crippen molar-refractivity contribution in [2.45, 2.75) is 13.2 Å². The van der Waals surface area contributed by atoms with Gasteiger partial charge in [-0.15, -0.1) is 0 Å². The number of methoxy groups -OCH3 is 1. The Morgan fingerprint density at radius 2 is 2.29 bits per heavy atom. The van der Waals surface area contributed by atoms with E-state index in [1.807, 2.05) is 18.2 Å². The molecule has 0 aliphatic heterocycles. The summed E-state index contributed by atoms with van der Waals surface area (Å²) in [6.07, 6.45) is 3.16. The van der Waals surface area contributed by atoms with E-state index in [4.69, 9.17) is 19.7 Å². The number of nitrogens with two attached hydrogens (primary N) is 1. The molecule has 0 spiro atoms. The fraction of sp³-hybridized carbons (Fsp3) is 0.250. The maximum Gasteiger partial charge on any atom is 0.130 e. The molecule has 5 nitrogen and oxygen atoms in total. The fourth-order valence-corrected chi connectivity index (χ4v) is 1.44. The number of nitrogens with zero attached hydrogens (tertiary/aromatic N) is 1. The maximum atomic E-state index is 5.66. The van der Waals surface area contributed by atoms with Gasteiger partial charge in [0.05, 0.1) is 13.3 Å². The summed E-state index contributed by atoms with van der Waals surface area (Å²) >= 11 is 0. The minimum Gasteiger partial charge on any atom is -0.497 e. The van der Waals surface area contributed by atoms with Gasteiger partial charge in [-0.3, -0.25) is 0 Å². The highest BCUT2D eigenvalue weighted by atomic mass is 16.5. The molecule has 1 aromatic carbocycles. The summed E-state index contributed by atoms with van der Waals surface area (Å²) in [5, 5.41) is 3.60. The van der Waals surface area contributed by atoms with Crippen LogP contribution in [0.4, 0.5) is 0 Å². The molecule has 5 heteroatoms. The van der Waals surface area contributed by atoms with Gasteiger partial charge in [0, 0.05) is 17.7 Å². The lowest BCUT2D eigenvalue weighted by Gasteiger charge is -2.10. The molecule has 17 heavy (non-hydrogen) atoms. The Morgan fingerprint density at radius 1 is 1.41 bits per heavy atom. The van der Waals surface area contributed by atoms with Crippen LogP contribution in [0.5, 0.6) is 11.5 Å². The Labute approximate surface area is 99.1 Å². The van der Waals surface area contributed by atoms with Gasteiger partial charge in [0.15, 0.2) is 0 Å². The van der Waals surface area contributed by atoms with Crippen LogP contribution in [-0.2, 0) is 13.2 Å². The molecule has 1 heterocycles. The summed E-state index contributed by atoms with van der Waals surface area (Å²) < 4.78 is 15.5. The van der Waals surface area contributed by atoms with Crippen LogP contribution in [0.15, 0.2) is 35.2 Å². The third-order valence-corrected chi connectivity index (χ3v) is 2.37. The van der Waals surface area contributed by atoms with Crippen LogP contribution >= 0.6 is 0 Å². The maximum absolute atomic E-state index is 5.66. The van der Waals surface area contributed by atoms with Gasteiger partial charge in [0.25, 0.3) is 0 Å². The average molecular weight is 234 g/mol. The largest absolute Gasteiger partial charge is 0.497 e. The number of ether oxygens (including phenoxy) is 2. The van der Waals surface area contributed by atoms with E-state index in [2.05, 4.69) is 5.16 Å². The molecule has 0 amide bonds. The zero-order chi connectivity index (χ0) is 12.1. The second-order valence-corrected chi connectivity index (χ2v) is 3.50. The number of benzene rings is 1. The van der Waals surface area contributed by atoms with E-state index >= 15 is 0 Å². The summed E-state index contributed by atoms with van der Waals surface area (Å²) in [5.74, 6) is 1.51. The van der Waals surface area contributed by atoms with Crippen LogP contribution in [-0.4, -0.2) is 12.3 Å². The highest BCUT2D eigenvalue weighted by Gasteiger charge is 2.05. The molecule has 1 aromatic heterocycles. The topological polar surface area (TPSA) is 70.5 Å². The molecule has 90 valence electrons. The van der Waals surface area contributed by atoms with Crippen LogP contribution in [0.2, 0.25) is 0 Å². The summed E-state index contributed by atoms with van der Waals surface area (Å²) in [6, 6.07) is 5.54. The van der Waals surface area contributed by atoms with Crippen LogP contribution in [0.3, 0.4) is 0 Å². The van der Waals surface area contributed by atoms with E-state index in [1.54, 1.807) is 19.6 Å². The van der Waals surface area contributed by atoms with Crippen molar-refractivity contribution in [3.05, 3.63) is 41.8 Å². The van der Waals surface area contributed by atoms with Crippen LogP contribution < -0.4 is 15.2 Å². The molecule has 0 aliphatic carbocycles. The third-order valence-electron chi connectivity index (χ3n) is 2.37. The molecule has 2 rings (SSSR count). The summed E-state index contributed by atoms with van der Waals surface area (Å²) in [7, 11) is 1.62. The molecule has 0 atom stereocenters. The van der Waals surface area contributed by atoms with Crippen molar-refractivity contribution in [3.8, 4) is 11.5 Å². The van der Waals surface area contributed by atoms with Gasteiger partial charge in [-0.25, -0.2) is 0 Å². The first kappa shape index (κ1) is 11.5. The molecule has 2 aromatic rings. The second kappa shape index (κ2) is 5.36. The molecule has 0 aliphatic rings. The SMILES string of the molecule is COc1ccc(OCc2cnoc2)c(CN)c1. The lowest BCUT2D eigenvalue weighted by atomic mass is 10.2. The van der Waals surface area contributed by atoms with Gasteiger partial charge in [-0.05, 0) is 18.2 Å². The molecule has 0 fully saturated rings. The number of hydrogen-bond donors (Lipinski definition) is 1. The highest BCUT2D eigenvalue weighted by Crippen LogP contribution is 2.24. The van der Waals surface area contributed by atoms with Crippen molar-refractivity contribution >= 4 is 0 Å². The zero-order valence-electron chi connectivity index (χ0n) is 9.55. The van der Waals surface area contributed by atoms with Crippen molar-refractivity contribution < 1.29 is 14.0 Å². The summed E-state index contributed by atoms with van der Waals surface area (Å²) in [5.41, 5.74) is 7.44. The Hall–Kier alpha value is -2.01. The first-order chi connectivity index (χ1) is 8.33. The van der Waals surface area contributed by atoms with E-state index in [1.165, 1.54) is 0 Å². The predicted octanol–water partition coefficient (Wildman–Crippen LogP) is 1.72. The van der Waals surface area contributed by atoms with Crippen molar-refractivity contribution in [2.24, 2.45) is 5.73 Å². The number of aromatic nitrogens is 1. The lowest BCUT2D eigenvalue weighted by Crippen LogP contribution is -2.02. The first-order valence-corrected chi connectivity index (χ1v) is 5.21. The van der Waals surface area contributed by atoms with E-state index in [0.717, 1.165) is 22.6 Å². The average Bonchev–Trinajstić information content (AvgIpc) is 2.89. The van der Waals surface area contributed by atoms with Gasteiger partial charge < -0.3 is 19.7 Å². The van der Waals surface area contributed by atoms with E-state index < -0.39 is 0 Å². The van der Waals surface area contributed by atoms with Gasteiger partial charge in [-0.2, -0.15) is 0 Å². The van der Waals surface area contributed by atoms with Crippen molar-refractivity contribution in [1.29, 1.82) is 0 Å². The van der Waals surface area contributed by atoms with E-state index in [0.29, 0.717) is 13.2 Å². The third kappa shape index (κ3) is 2.76. The van der Waals surface area contributed by atoms with Crippen LogP contribution in [0, 0.1) is 0 Å². The molecular weight excluding hydrogens is 220 g/mol. The Morgan fingerprint density at radius 3 is 2.94 bits per heavy atom. The Bertz CT molecular complexity index is 469. The van der Waals surface area contributed by atoms with Crippen molar-refractivity contribution in [2.75, 3.05) is 7.11 Å². The quantitative estimate of drug-likeness (QED) is 0.852. The molecule has 0 bridgehead atoms. The van der Waals surface area contributed by atoms with Crippen LogP contribution in [0.25, 0.3) is 0 Å². The van der Waals surface area contributed by atoms with Gasteiger partial charge >= 0.3 is 0 Å². The molecule has 0 saturated heterocycles. The van der Waals surface area contributed by atoms with Gasteiger partial charge in [0.1, 0.15) is 24.4 Å². The summed E-state index contributed by atoms with van der Waals surface area (Å²) in [4.78, 5) is 0. The van der Waals surface area contributed by atoms with Crippen LogP contribution in [0.1, 0.15) is 11.1 Å². The molecular formula is C12H14N2O3. The molecule has 2 N–H and O–H groups in total. The molecule has 0 unspecified atom stereocenters. The van der Waals surface area contributed by atoms with Crippen molar-refractivity contribution in [3.63, 3.8) is 0 Å². The normalized spacial score (nSPS) is 10.2. The zero-order valence-corrected chi connectivity index (χ0v) is 9.55. The van der Waals surface area contributed by atoms with Gasteiger partial charge in [0.2, 0.25) is 0 Å². The minimum absolute atomic E-state index is 0.399. The van der Waals surface area contributed by atoms with Gasteiger partial charge in [-0.1, -0.05) is 5.16 Å². The smallest absolute Gasteiger partial charge is 0.130 e. The van der Waals surface area contributed by atoms with E-state index in [-0.39, 0.29) is 0 Å². The Balaban J connectivity index is 2.09.